The zero-order chi connectivity index (χ0) is 20.2. The summed E-state index contributed by atoms with van der Waals surface area (Å²) in [6.07, 6.45) is 0.370. The largest absolute Gasteiger partial charge is 0.478 e. The summed E-state index contributed by atoms with van der Waals surface area (Å²) in [6.45, 7) is 0. The third-order valence-electron chi connectivity index (χ3n) is 5.02. The first-order valence-electron chi connectivity index (χ1n) is 9.51. The van der Waals surface area contributed by atoms with Gasteiger partial charge in [-0.15, -0.1) is 0 Å². The van der Waals surface area contributed by atoms with Gasteiger partial charge in [0.05, 0.1) is 5.56 Å². The minimum atomic E-state index is -1.01. The molecule has 0 unspecified atom stereocenters. The predicted octanol–water partition coefficient (Wildman–Crippen LogP) is 5.56. The topological polar surface area (TPSA) is 54.4 Å². The molecule has 0 aliphatic heterocycles. The van der Waals surface area contributed by atoms with Crippen LogP contribution in [0, 0.1) is 0 Å². The lowest BCUT2D eigenvalue weighted by Crippen LogP contribution is -2.11. The number of Topliss-reactive ketones (excluding diaryl/α,β-unsaturated/α-hetero) is 1. The van der Waals surface area contributed by atoms with E-state index < -0.39 is 5.97 Å². The highest BCUT2D eigenvalue weighted by molar-refractivity contribution is 5.98. The van der Waals surface area contributed by atoms with Gasteiger partial charge in [-0.2, -0.15) is 0 Å². The van der Waals surface area contributed by atoms with Gasteiger partial charge >= 0.3 is 5.97 Å². The second-order valence-corrected chi connectivity index (χ2v) is 7.12. The Hall–Kier alpha value is -3.72. The van der Waals surface area contributed by atoms with Crippen molar-refractivity contribution < 1.29 is 14.7 Å². The standard InChI is InChI=1S/C26H20O3/c27-24(14-18-7-6-12-20(13-18)19-8-2-1-3-9-19)16-23-15-21-10-4-5-11-22(21)17-25(23)26(28)29/h1-13,15,17H,14,16H2,(H,28,29). The van der Waals surface area contributed by atoms with E-state index in [4.69, 9.17) is 0 Å². The Kier molecular flexibility index (Phi) is 5.21. The molecule has 0 fully saturated rings. The van der Waals surface area contributed by atoms with E-state index in [0.717, 1.165) is 27.5 Å². The Balaban J connectivity index is 1.57. The number of hydrogen-bond acceptors (Lipinski definition) is 2. The smallest absolute Gasteiger partial charge is 0.335 e. The van der Waals surface area contributed by atoms with Crippen LogP contribution in [-0.4, -0.2) is 16.9 Å². The number of aromatic carboxylic acids is 1. The lowest BCUT2D eigenvalue weighted by atomic mass is 9.94. The van der Waals surface area contributed by atoms with Crippen LogP contribution < -0.4 is 0 Å². The van der Waals surface area contributed by atoms with E-state index in [9.17, 15) is 14.7 Å². The molecule has 4 rings (SSSR count). The van der Waals surface area contributed by atoms with E-state index in [1.165, 1.54) is 0 Å². The van der Waals surface area contributed by atoms with Crippen molar-refractivity contribution in [3.8, 4) is 11.1 Å². The summed E-state index contributed by atoms with van der Waals surface area (Å²) >= 11 is 0. The third-order valence-corrected chi connectivity index (χ3v) is 5.02. The Morgan fingerprint density at radius 1 is 0.655 bits per heavy atom. The lowest BCUT2D eigenvalue weighted by molar-refractivity contribution is -0.117. The monoisotopic (exact) mass is 380 g/mol. The van der Waals surface area contributed by atoms with E-state index in [1.807, 2.05) is 84.9 Å². The highest BCUT2D eigenvalue weighted by Gasteiger charge is 2.15. The van der Waals surface area contributed by atoms with Gasteiger partial charge in [0.15, 0.2) is 0 Å². The maximum atomic E-state index is 12.7. The molecule has 3 heteroatoms. The number of benzene rings is 4. The number of hydrogen-bond donors (Lipinski definition) is 1. The first-order chi connectivity index (χ1) is 14.1. The number of rotatable bonds is 6. The van der Waals surface area contributed by atoms with Gasteiger partial charge in [0.25, 0.3) is 0 Å². The van der Waals surface area contributed by atoms with Crippen LogP contribution in [0.15, 0.2) is 91.0 Å². The molecule has 4 aromatic rings. The fourth-order valence-corrected chi connectivity index (χ4v) is 3.63. The third kappa shape index (κ3) is 4.25. The molecule has 0 aliphatic carbocycles. The van der Waals surface area contributed by atoms with Gasteiger partial charge in [0, 0.05) is 12.8 Å². The van der Waals surface area contributed by atoms with Gasteiger partial charge in [-0.25, -0.2) is 4.79 Å². The van der Waals surface area contributed by atoms with Crippen LogP contribution in [0.5, 0.6) is 0 Å². The van der Waals surface area contributed by atoms with Crippen LogP contribution in [0.2, 0.25) is 0 Å². The summed E-state index contributed by atoms with van der Waals surface area (Å²) in [6, 6.07) is 29.0. The highest BCUT2D eigenvalue weighted by atomic mass is 16.4. The SMILES string of the molecule is O=C(Cc1cccc(-c2ccccc2)c1)Cc1cc2ccccc2cc1C(=O)O. The van der Waals surface area contributed by atoms with Crippen molar-refractivity contribution in [2.45, 2.75) is 12.8 Å². The van der Waals surface area contributed by atoms with Crippen molar-refractivity contribution in [3.63, 3.8) is 0 Å². The molecule has 0 aliphatic rings. The molecule has 0 bridgehead atoms. The maximum absolute atomic E-state index is 12.7. The Morgan fingerprint density at radius 2 is 1.31 bits per heavy atom. The summed E-state index contributed by atoms with van der Waals surface area (Å²) in [7, 11) is 0. The van der Waals surface area contributed by atoms with Crippen molar-refractivity contribution in [3.05, 3.63) is 108 Å². The van der Waals surface area contributed by atoms with Gasteiger partial charge < -0.3 is 5.11 Å². The molecule has 142 valence electrons. The zero-order valence-electron chi connectivity index (χ0n) is 15.8. The predicted molar refractivity (Wildman–Crippen MR) is 115 cm³/mol. The van der Waals surface area contributed by atoms with E-state index >= 15 is 0 Å². The molecular weight excluding hydrogens is 360 g/mol. The van der Waals surface area contributed by atoms with E-state index in [-0.39, 0.29) is 24.2 Å². The van der Waals surface area contributed by atoms with Gasteiger partial charge in [-0.1, -0.05) is 78.9 Å². The zero-order valence-corrected chi connectivity index (χ0v) is 15.8. The summed E-state index contributed by atoms with van der Waals surface area (Å²) in [4.78, 5) is 24.4. The number of fused-ring (bicyclic) bond motifs is 1. The molecule has 0 atom stereocenters. The van der Waals surface area contributed by atoms with Crippen molar-refractivity contribution in [1.82, 2.24) is 0 Å². The number of carboxylic acids is 1. The normalized spacial score (nSPS) is 10.8. The molecule has 0 aromatic heterocycles. The summed E-state index contributed by atoms with van der Waals surface area (Å²) in [5.41, 5.74) is 3.84. The van der Waals surface area contributed by atoms with Gasteiger partial charge in [0.2, 0.25) is 0 Å². The van der Waals surface area contributed by atoms with Crippen molar-refractivity contribution in [1.29, 1.82) is 0 Å². The Bertz CT molecular complexity index is 1190. The average molecular weight is 380 g/mol. The minimum absolute atomic E-state index is 0.00649. The quantitative estimate of drug-likeness (QED) is 0.476. The lowest BCUT2D eigenvalue weighted by Gasteiger charge is -2.09. The molecule has 4 aromatic carbocycles. The minimum Gasteiger partial charge on any atom is -0.478 e. The molecular formula is C26H20O3. The first kappa shape index (κ1) is 18.6. The number of carboxylic acid groups (broad SMARTS) is 1. The van der Waals surface area contributed by atoms with E-state index in [1.54, 1.807) is 6.07 Å². The van der Waals surface area contributed by atoms with Crippen molar-refractivity contribution in [2.24, 2.45) is 0 Å². The van der Waals surface area contributed by atoms with Gasteiger partial charge in [-0.05, 0) is 45.2 Å². The highest BCUT2D eigenvalue weighted by Crippen LogP contribution is 2.23. The van der Waals surface area contributed by atoms with Gasteiger partial charge in [0.1, 0.15) is 5.78 Å². The number of ketones is 1. The molecule has 0 saturated carbocycles. The van der Waals surface area contributed by atoms with Crippen LogP contribution in [0.4, 0.5) is 0 Å². The van der Waals surface area contributed by atoms with Crippen LogP contribution >= 0.6 is 0 Å². The first-order valence-corrected chi connectivity index (χ1v) is 9.51. The summed E-state index contributed by atoms with van der Waals surface area (Å²) < 4.78 is 0. The Labute approximate surface area is 169 Å². The Morgan fingerprint density at radius 3 is 2.03 bits per heavy atom. The number of carbonyl (C=O) groups excluding carboxylic acids is 1. The molecule has 3 nitrogen and oxygen atoms in total. The fourth-order valence-electron chi connectivity index (χ4n) is 3.63. The van der Waals surface area contributed by atoms with Crippen LogP contribution in [0.1, 0.15) is 21.5 Å². The molecule has 1 N–H and O–H groups in total. The molecule has 0 saturated heterocycles. The van der Waals surface area contributed by atoms with Crippen LogP contribution in [0.25, 0.3) is 21.9 Å². The van der Waals surface area contributed by atoms with Gasteiger partial charge in [-0.3, -0.25) is 4.79 Å². The fraction of sp³-hybridized carbons (Fsp3) is 0.0769. The van der Waals surface area contributed by atoms with Crippen LogP contribution in [0.3, 0.4) is 0 Å². The molecule has 0 spiro atoms. The average Bonchev–Trinajstić information content (AvgIpc) is 2.74. The molecule has 29 heavy (non-hydrogen) atoms. The second kappa shape index (κ2) is 8.11. The molecule has 0 amide bonds. The molecule has 0 heterocycles. The van der Waals surface area contributed by atoms with E-state index in [2.05, 4.69) is 0 Å². The summed E-state index contributed by atoms with van der Waals surface area (Å²) in [5, 5.41) is 11.4. The van der Waals surface area contributed by atoms with E-state index in [0.29, 0.717) is 5.56 Å². The number of carbonyl (C=O) groups is 2. The molecule has 0 radical (unpaired) electrons. The maximum Gasteiger partial charge on any atom is 0.335 e. The second-order valence-electron chi connectivity index (χ2n) is 7.12. The van der Waals surface area contributed by atoms with Crippen molar-refractivity contribution >= 4 is 22.5 Å². The summed E-state index contributed by atoms with van der Waals surface area (Å²) in [5.74, 6) is -1.02. The van der Waals surface area contributed by atoms with Crippen molar-refractivity contribution in [2.75, 3.05) is 0 Å². The van der Waals surface area contributed by atoms with Crippen LogP contribution in [-0.2, 0) is 17.6 Å².